The molecule has 0 spiro atoms. The van der Waals surface area contributed by atoms with Gasteiger partial charge in [-0.1, -0.05) is 430 Å². The monoisotopic (exact) mass is 1850 g/mol. The Morgan fingerprint density at radius 1 is 0.178 bits per heavy atom. The van der Waals surface area contributed by atoms with Gasteiger partial charge in [-0.15, -0.1) is 0 Å². The van der Waals surface area contributed by atoms with E-state index in [1.807, 2.05) is 18.2 Å². The van der Waals surface area contributed by atoms with Gasteiger partial charge in [-0.2, -0.15) is 0 Å². The Hall–Kier alpha value is -18.0. The van der Waals surface area contributed by atoms with Crippen LogP contribution in [0.25, 0.3) is 241 Å². The second-order valence-electron chi connectivity index (χ2n) is 39.0. The van der Waals surface area contributed by atoms with Crippen LogP contribution in [-0.2, 0) is 0 Å². The summed E-state index contributed by atoms with van der Waals surface area (Å²) in [5, 5.41) is 35.2. The number of nitrogens with zero attached hydrogens (tertiary/aromatic N) is 3. The van der Waals surface area contributed by atoms with Crippen molar-refractivity contribution in [1.82, 2.24) is 4.98 Å². The molecule has 0 N–H and O–H groups in total. The summed E-state index contributed by atoms with van der Waals surface area (Å²) in [6, 6.07) is 180. The summed E-state index contributed by atoms with van der Waals surface area (Å²) in [6.07, 6.45) is 1.63. The van der Waals surface area contributed by atoms with Crippen LogP contribution in [0.15, 0.2) is 498 Å². The smallest absolute Gasteiger partial charge is 0.871 e. The molecule has 26 aromatic carbocycles. The first-order chi connectivity index (χ1) is 71.5. The molecular weight excluding hydrogens is 1760 g/mol. The van der Waals surface area contributed by atoms with E-state index in [0.29, 0.717) is 5.52 Å². The minimum atomic E-state index is -0.0110. The van der Waals surface area contributed by atoms with Crippen molar-refractivity contribution in [3.05, 3.63) is 520 Å². The zero-order chi connectivity index (χ0) is 96.6. The number of hydrogen-bond acceptors (Lipinski definition) is 4. The van der Waals surface area contributed by atoms with E-state index in [0.717, 1.165) is 39.5 Å². The molecule has 146 heavy (non-hydrogen) atoms. The van der Waals surface area contributed by atoms with Gasteiger partial charge in [-0.05, 0) is 342 Å². The second kappa shape index (κ2) is 36.2. The molecule has 0 saturated heterocycles. The van der Waals surface area contributed by atoms with Crippen molar-refractivity contribution in [1.29, 1.82) is 0 Å². The van der Waals surface area contributed by atoms with Crippen LogP contribution in [0.3, 0.4) is 0 Å². The molecule has 0 atom stereocenters. The third-order valence-corrected chi connectivity index (χ3v) is 30.1. The molecule has 0 amide bonds. The van der Waals surface area contributed by atoms with Gasteiger partial charge in [0.2, 0.25) is 0 Å². The molecular formula is C141H94LiN3O. The summed E-state index contributed by atoms with van der Waals surface area (Å²) in [5.74, 6) is -0.0110. The van der Waals surface area contributed by atoms with E-state index >= 15 is 0 Å². The Balaban J connectivity index is 0.000000133. The fourth-order valence-electron chi connectivity index (χ4n) is 24.1. The van der Waals surface area contributed by atoms with E-state index < -0.39 is 0 Å². The molecule has 680 valence electrons. The van der Waals surface area contributed by atoms with Gasteiger partial charge in [0.25, 0.3) is 0 Å². The van der Waals surface area contributed by atoms with E-state index in [1.165, 1.54) is 259 Å². The Morgan fingerprint density at radius 2 is 0.432 bits per heavy atom. The van der Waals surface area contributed by atoms with Gasteiger partial charge < -0.3 is 14.9 Å². The molecule has 1 heterocycles. The van der Waals surface area contributed by atoms with E-state index in [2.05, 4.69) is 504 Å². The van der Waals surface area contributed by atoms with Gasteiger partial charge in [0.15, 0.2) is 0 Å². The van der Waals surface area contributed by atoms with Gasteiger partial charge in [0.1, 0.15) is 0 Å². The SMILES string of the molecule is Cc1cc(-c2ccccc2)cc(N(c2cc(C)cc(-c3ccccc3)c2)c2ccc3ccc4c(N(c5cc(C)cc(-c6ccccc6)c5)c5cc(C)cc(-c6ccccc6)c5)ccc5ccc2c3c54)c1.[Li+].[O-]c1cccc2cccnc12.c1ccc(-c2c3c(c(-c4ccccc4)c4ccccc24)-c2ccc4c5ccc6c7c(ccc(c8ccc-3c2c84)c75)-c2c-6c(-c3ccccc3)c3ccccc3c2-c2ccccc2)cc1. The number of aryl methyl sites for hydroxylation is 4. The van der Waals surface area contributed by atoms with Gasteiger partial charge >= 0.3 is 18.9 Å². The summed E-state index contributed by atoms with van der Waals surface area (Å²) < 4.78 is 0. The number of aromatic nitrogens is 1. The van der Waals surface area contributed by atoms with Crippen molar-refractivity contribution < 1.29 is 24.0 Å². The topological polar surface area (TPSA) is 42.4 Å². The Kier molecular flexibility index (Phi) is 21.9. The number of benzene rings is 26. The van der Waals surface area contributed by atoms with Crippen molar-refractivity contribution in [2.45, 2.75) is 27.7 Å². The molecule has 5 heteroatoms. The zero-order valence-corrected chi connectivity index (χ0v) is 81.6. The minimum absolute atomic E-state index is 0. The van der Waals surface area contributed by atoms with Crippen LogP contribution >= 0.6 is 0 Å². The summed E-state index contributed by atoms with van der Waals surface area (Å²) >= 11 is 0. The average Bonchev–Trinajstić information content (AvgIpc) is 1.49. The fourth-order valence-corrected chi connectivity index (χ4v) is 24.1. The van der Waals surface area contributed by atoms with E-state index in [-0.39, 0.29) is 24.6 Å². The quantitative estimate of drug-likeness (QED) is 0.0618. The number of fused-ring (bicyclic) bond motifs is 11. The summed E-state index contributed by atoms with van der Waals surface area (Å²) in [6.45, 7) is 8.85. The molecule has 0 radical (unpaired) electrons. The summed E-state index contributed by atoms with van der Waals surface area (Å²) in [4.78, 5) is 8.96. The number of hydrogen-bond donors (Lipinski definition) is 0. The van der Waals surface area contributed by atoms with Crippen LogP contribution in [0.2, 0.25) is 0 Å². The van der Waals surface area contributed by atoms with E-state index in [1.54, 1.807) is 12.3 Å². The average molecular weight is 1850 g/mol. The van der Waals surface area contributed by atoms with Crippen molar-refractivity contribution in [2.75, 3.05) is 9.80 Å². The summed E-state index contributed by atoms with van der Waals surface area (Å²) in [5.41, 5.74) is 42.6. The van der Waals surface area contributed by atoms with Gasteiger partial charge in [-0.25, -0.2) is 0 Å². The molecule has 29 rings (SSSR count). The van der Waals surface area contributed by atoms with Gasteiger partial charge in [0, 0.05) is 39.7 Å². The maximum atomic E-state index is 11.1. The fraction of sp³-hybridized carbons (Fsp3) is 0.0284. The van der Waals surface area contributed by atoms with Crippen molar-refractivity contribution in [3.63, 3.8) is 0 Å². The van der Waals surface area contributed by atoms with Crippen LogP contribution in [0, 0.1) is 27.7 Å². The molecule has 2 aliphatic carbocycles. The molecule has 0 bridgehead atoms. The van der Waals surface area contributed by atoms with Crippen molar-refractivity contribution >= 4 is 142 Å². The Labute approximate surface area is 860 Å². The molecule has 4 nitrogen and oxygen atoms in total. The van der Waals surface area contributed by atoms with Crippen molar-refractivity contribution in [3.8, 4) is 139 Å². The maximum Gasteiger partial charge on any atom is 1.00 e. The van der Waals surface area contributed by atoms with Crippen LogP contribution in [0.5, 0.6) is 5.75 Å². The third-order valence-electron chi connectivity index (χ3n) is 30.1. The number of pyridine rings is 1. The standard InChI is InChI=1S/C68H52N2.C64H36.C9H7NO.Li/c1-45-33-55(49-17-9-5-10-18-49)41-59(37-45)69(60-38-46(2)34-56(42-60)50-19-11-6-12-20-50)65-31-27-53-26-30-64-66(32-28-54-25-29-63(65)67(53)68(54)64)70(61-39-47(3)35-57(43-61)51-21-13-7-14-22-51)62-40-48(4)36-58(44-62)52-23-15-8-16-24-52;1-5-17-37(18-6-1)53-41-25-13-14-26-42(41)54(38-19-7-2-8-20-38)62-50-34-30-46-48-32-36-52-60-51(35-31-47(58(48)60)45-29-33-49(61(53)62)59(50)57(45)46)63-55(39-21-9-3-10-22-39)43-27-15-16-28-44(43)56(64(52)63)40-23-11-4-12-24-40;11-8-5-1-3-7-4-2-6-10-9(7)8;/h5-44H,1-4H3;1-36H;1-6,11H;/q;;;+1/p-1. The first-order valence-corrected chi connectivity index (χ1v) is 50.1. The Bertz CT molecular complexity index is 8880. The molecule has 27 aromatic rings. The number of para-hydroxylation sites is 1. The first-order valence-electron chi connectivity index (χ1n) is 50.1. The van der Waals surface area contributed by atoms with Crippen molar-refractivity contribution in [2.24, 2.45) is 0 Å². The molecule has 2 aliphatic rings. The third kappa shape index (κ3) is 14.8. The molecule has 1 aromatic heterocycles. The van der Waals surface area contributed by atoms with Crippen LogP contribution in [0.1, 0.15) is 22.3 Å². The Morgan fingerprint density at radius 3 is 0.712 bits per heavy atom. The minimum Gasteiger partial charge on any atom is -0.871 e. The van der Waals surface area contributed by atoms with E-state index in [4.69, 9.17) is 0 Å². The molecule has 0 unspecified atom stereocenters. The van der Waals surface area contributed by atoms with Crippen LogP contribution < -0.4 is 33.8 Å². The van der Waals surface area contributed by atoms with Crippen LogP contribution in [-0.4, -0.2) is 4.98 Å². The predicted octanol–water partition coefficient (Wildman–Crippen LogP) is 35.7. The van der Waals surface area contributed by atoms with Crippen LogP contribution in [0.4, 0.5) is 34.1 Å². The second-order valence-corrected chi connectivity index (χ2v) is 39.0. The number of anilines is 6. The van der Waals surface area contributed by atoms with Gasteiger partial charge in [-0.3, -0.25) is 4.98 Å². The molecule has 0 saturated carbocycles. The molecule has 0 fully saturated rings. The maximum absolute atomic E-state index is 11.1. The summed E-state index contributed by atoms with van der Waals surface area (Å²) in [7, 11) is 0. The predicted molar refractivity (Wildman–Crippen MR) is 615 cm³/mol. The molecule has 0 aliphatic heterocycles. The zero-order valence-electron chi connectivity index (χ0n) is 81.6. The van der Waals surface area contributed by atoms with E-state index in [9.17, 15) is 5.11 Å². The normalized spacial score (nSPS) is 11.7. The van der Waals surface area contributed by atoms with Gasteiger partial charge in [0.05, 0.1) is 16.9 Å². The number of rotatable bonds is 14. The first kappa shape index (κ1) is 88.2. The largest absolute Gasteiger partial charge is 1.00 e.